The maximum Gasteiger partial charge on any atom is 0.253 e. The molecule has 156 valence electrons. The van der Waals surface area contributed by atoms with Crippen LogP contribution in [-0.4, -0.2) is 53.9 Å². The highest BCUT2D eigenvalue weighted by atomic mass is 16.1. The molecule has 3 aromatic rings. The van der Waals surface area contributed by atoms with Crippen LogP contribution in [-0.2, 0) is 13.1 Å². The van der Waals surface area contributed by atoms with Gasteiger partial charge in [-0.3, -0.25) is 14.7 Å². The molecule has 30 heavy (non-hydrogen) atoms. The quantitative estimate of drug-likeness (QED) is 0.709. The summed E-state index contributed by atoms with van der Waals surface area (Å²) < 4.78 is 0. The predicted molar refractivity (Wildman–Crippen MR) is 122 cm³/mol. The minimum Gasteiger partial charge on any atom is -0.348 e. The van der Waals surface area contributed by atoms with Crippen LogP contribution < -0.4 is 5.32 Å². The van der Waals surface area contributed by atoms with Crippen LogP contribution in [0.25, 0.3) is 10.9 Å². The molecule has 0 bridgehead atoms. The average Bonchev–Trinajstić information content (AvgIpc) is 2.73. The maximum atomic E-state index is 12.8. The molecule has 2 heterocycles. The Labute approximate surface area is 178 Å². The molecule has 0 spiro atoms. The predicted octanol–water partition coefficient (Wildman–Crippen LogP) is 3.53. The Balaban J connectivity index is 1.41. The van der Waals surface area contributed by atoms with Gasteiger partial charge in [0.05, 0.1) is 16.8 Å². The van der Waals surface area contributed by atoms with Gasteiger partial charge in [0.2, 0.25) is 0 Å². The lowest BCUT2D eigenvalue weighted by Gasteiger charge is -2.32. The van der Waals surface area contributed by atoms with E-state index in [4.69, 9.17) is 0 Å². The second kappa shape index (κ2) is 8.94. The number of aromatic nitrogens is 1. The van der Waals surface area contributed by atoms with Crippen molar-refractivity contribution in [2.75, 3.05) is 33.2 Å². The van der Waals surface area contributed by atoms with Gasteiger partial charge in [-0.2, -0.15) is 0 Å². The fourth-order valence-electron chi connectivity index (χ4n) is 3.98. The first kappa shape index (κ1) is 20.5. The number of piperazine rings is 1. The van der Waals surface area contributed by atoms with Crippen LogP contribution in [0.1, 0.15) is 32.7 Å². The molecule has 1 amide bonds. The fraction of sp³-hybridized carbons (Fsp3) is 0.360. The number of amides is 1. The third-order valence-corrected chi connectivity index (χ3v) is 5.85. The van der Waals surface area contributed by atoms with Gasteiger partial charge in [0.1, 0.15) is 0 Å². The van der Waals surface area contributed by atoms with E-state index < -0.39 is 0 Å². The van der Waals surface area contributed by atoms with E-state index in [9.17, 15) is 4.79 Å². The smallest absolute Gasteiger partial charge is 0.253 e. The van der Waals surface area contributed by atoms with Crippen LogP contribution in [0.4, 0.5) is 0 Å². The summed E-state index contributed by atoms with van der Waals surface area (Å²) in [5.41, 5.74) is 5.92. The first-order chi connectivity index (χ1) is 14.5. The van der Waals surface area contributed by atoms with Gasteiger partial charge < -0.3 is 10.2 Å². The molecule has 0 aliphatic carbocycles. The van der Waals surface area contributed by atoms with E-state index in [0.29, 0.717) is 12.1 Å². The fourth-order valence-corrected chi connectivity index (χ4v) is 3.98. The normalized spacial score (nSPS) is 15.4. The summed E-state index contributed by atoms with van der Waals surface area (Å²) in [4.78, 5) is 22.3. The second-order valence-electron chi connectivity index (χ2n) is 8.40. The van der Waals surface area contributed by atoms with E-state index in [1.807, 2.05) is 25.1 Å². The summed E-state index contributed by atoms with van der Waals surface area (Å²) in [6.45, 7) is 9.87. The topological polar surface area (TPSA) is 48.5 Å². The number of pyridine rings is 1. The number of likely N-dealkylation sites (N-methyl/N-ethyl adjacent to an activating group) is 1. The van der Waals surface area contributed by atoms with Gasteiger partial charge in [-0.25, -0.2) is 0 Å². The summed E-state index contributed by atoms with van der Waals surface area (Å²) in [6, 6.07) is 16.6. The number of benzene rings is 2. The highest BCUT2D eigenvalue weighted by Gasteiger charge is 2.15. The van der Waals surface area contributed by atoms with Crippen molar-refractivity contribution < 1.29 is 4.79 Å². The molecule has 5 nitrogen and oxygen atoms in total. The van der Waals surface area contributed by atoms with E-state index in [0.717, 1.165) is 54.9 Å². The van der Waals surface area contributed by atoms with Gasteiger partial charge in [0.25, 0.3) is 5.91 Å². The van der Waals surface area contributed by atoms with Gasteiger partial charge in [-0.15, -0.1) is 0 Å². The molecule has 1 N–H and O–H groups in total. The average molecular weight is 403 g/mol. The highest BCUT2D eigenvalue weighted by Crippen LogP contribution is 2.18. The summed E-state index contributed by atoms with van der Waals surface area (Å²) >= 11 is 0. The van der Waals surface area contributed by atoms with Crippen LogP contribution in [0, 0.1) is 13.8 Å². The minimum atomic E-state index is -0.0769. The van der Waals surface area contributed by atoms with E-state index >= 15 is 0 Å². The van der Waals surface area contributed by atoms with E-state index in [1.54, 1.807) is 0 Å². The first-order valence-corrected chi connectivity index (χ1v) is 10.6. The zero-order valence-corrected chi connectivity index (χ0v) is 18.1. The van der Waals surface area contributed by atoms with Gasteiger partial charge in [-0.05, 0) is 49.7 Å². The molecule has 5 heteroatoms. The lowest BCUT2D eigenvalue weighted by molar-refractivity contribution is 0.0950. The first-order valence-electron chi connectivity index (χ1n) is 10.6. The van der Waals surface area contributed by atoms with Crippen molar-refractivity contribution in [1.82, 2.24) is 20.1 Å². The Morgan fingerprint density at radius 1 is 1.00 bits per heavy atom. The number of carbonyl (C=O) groups is 1. The molecule has 0 atom stereocenters. The van der Waals surface area contributed by atoms with Crippen LogP contribution in [0.2, 0.25) is 0 Å². The van der Waals surface area contributed by atoms with Gasteiger partial charge >= 0.3 is 0 Å². The highest BCUT2D eigenvalue weighted by molar-refractivity contribution is 5.98. The van der Waals surface area contributed by atoms with Gasteiger partial charge in [-0.1, -0.05) is 36.4 Å². The molecule has 1 fully saturated rings. The van der Waals surface area contributed by atoms with Crippen molar-refractivity contribution in [1.29, 1.82) is 0 Å². The molecule has 1 aromatic heterocycles. The number of carbonyl (C=O) groups excluding carboxylic acids is 1. The Bertz CT molecular complexity index is 1050. The summed E-state index contributed by atoms with van der Waals surface area (Å²) in [5, 5.41) is 4.06. The molecule has 1 saturated heterocycles. The number of aryl methyl sites for hydroxylation is 2. The van der Waals surface area contributed by atoms with E-state index in [2.05, 4.69) is 64.4 Å². The molecule has 1 aliphatic rings. The second-order valence-corrected chi connectivity index (χ2v) is 8.40. The van der Waals surface area contributed by atoms with Gasteiger partial charge in [0.15, 0.2) is 0 Å². The van der Waals surface area contributed by atoms with Crippen molar-refractivity contribution in [3.8, 4) is 0 Å². The maximum absolute atomic E-state index is 12.8. The standard InChI is InChI=1S/C25H30N4O/c1-18-7-8-22-15-23(19(2)27-24(22)13-18)25(30)26-16-20-5-4-6-21(14-20)17-29-11-9-28(3)10-12-29/h4-8,13-15H,9-12,16-17H2,1-3H3,(H,26,30). The molecular weight excluding hydrogens is 372 g/mol. The third-order valence-electron chi connectivity index (χ3n) is 5.85. The van der Waals surface area contributed by atoms with E-state index in [1.165, 1.54) is 11.1 Å². The monoisotopic (exact) mass is 402 g/mol. The lowest BCUT2D eigenvalue weighted by atomic mass is 10.1. The number of hydrogen-bond acceptors (Lipinski definition) is 4. The van der Waals surface area contributed by atoms with Crippen LogP contribution in [0.3, 0.4) is 0 Å². The Kier molecular flexibility index (Phi) is 6.11. The van der Waals surface area contributed by atoms with Crippen LogP contribution >= 0.6 is 0 Å². The minimum absolute atomic E-state index is 0.0769. The van der Waals surface area contributed by atoms with E-state index in [-0.39, 0.29) is 5.91 Å². The summed E-state index contributed by atoms with van der Waals surface area (Å²) in [7, 11) is 2.18. The molecular formula is C25H30N4O. The number of nitrogens with zero attached hydrogens (tertiary/aromatic N) is 3. The zero-order chi connectivity index (χ0) is 21.1. The molecule has 0 saturated carbocycles. The Morgan fingerprint density at radius 3 is 2.57 bits per heavy atom. The third kappa shape index (κ3) is 4.86. The largest absolute Gasteiger partial charge is 0.348 e. The van der Waals surface area contributed by atoms with Gasteiger partial charge in [0, 0.05) is 44.7 Å². The van der Waals surface area contributed by atoms with Crippen molar-refractivity contribution >= 4 is 16.8 Å². The molecule has 1 aliphatic heterocycles. The molecule has 0 unspecified atom stereocenters. The zero-order valence-electron chi connectivity index (χ0n) is 18.1. The van der Waals surface area contributed by atoms with Crippen molar-refractivity contribution in [3.63, 3.8) is 0 Å². The lowest BCUT2D eigenvalue weighted by Crippen LogP contribution is -2.43. The summed E-state index contributed by atoms with van der Waals surface area (Å²) in [6.07, 6.45) is 0. The Morgan fingerprint density at radius 2 is 1.77 bits per heavy atom. The number of fused-ring (bicyclic) bond motifs is 1. The van der Waals surface area contributed by atoms with Crippen molar-refractivity contribution in [3.05, 3.63) is 76.5 Å². The number of rotatable bonds is 5. The van der Waals surface area contributed by atoms with Crippen LogP contribution in [0.15, 0.2) is 48.5 Å². The van der Waals surface area contributed by atoms with Crippen molar-refractivity contribution in [2.45, 2.75) is 26.9 Å². The number of hydrogen-bond donors (Lipinski definition) is 1. The molecule has 2 aromatic carbocycles. The number of nitrogens with one attached hydrogen (secondary N) is 1. The SMILES string of the molecule is Cc1ccc2cc(C(=O)NCc3cccc(CN4CCN(C)CC4)c3)c(C)nc2c1. The van der Waals surface area contributed by atoms with Crippen molar-refractivity contribution in [2.24, 2.45) is 0 Å². The molecule has 4 rings (SSSR count). The Hall–Kier alpha value is -2.76. The summed E-state index contributed by atoms with van der Waals surface area (Å²) in [5.74, 6) is -0.0769. The molecule has 0 radical (unpaired) electrons. The van der Waals surface area contributed by atoms with Crippen LogP contribution in [0.5, 0.6) is 0 Å².